The third-order valence-electron chi connectivity index (χ3n) is 8.18. The molecule has 6 rings (SSSR count). The Balaban J connectivity index is 1.52. The SMILES string of the molecule is Cc1ccnc(C)c1N(c1cccc(-c2cccc3sc(-c4cc(C(C)(C)C)cc(C(C)(C)C)c4O)nc23)c1)c1ccncn1. The Morgan fingerprint density at radius 3 is 2.24 bits per heavy atom. The van der Waals surface area contributed by atoms with Crippen LogP contribution in [0.5, 0.6) is 5.75 Å². The number of hydrogen-bond acceptors (Lipinski definition) is 7. The van der Waals surface area contributed by atoms with Crippen LogP contribution in [0.4, 0.5) is 17.2 Å². The molecule has 1 N–H and O–H groups in total. The molecule has 0 saturated heterocycles. The van der Waals surface area contributed by atoms with Crippen molar-refractivity contribution in [2.75, 3.05) is 4.90 Å². The summed E-state index contributed by atoms with van der Waals surface area (Å²) in [5, 5.41) is 12.4. The van der Waals surface area contributed by atoms with Crippen LogP contribution in [0.3, 0.4) is 0 Å². The summed E-state index contributed by atoms with van der Waals surface area (Å²) < 4.78 is 1.07. The predicted molar refractivity (Wildman–Crippen MR) is 187 cm³/mol. The van der Waals surface area contributed by atoms with Crippen molar-refractivity contribution >= 4 is 38.7 Å². The number of thiazole rings is 1. The fraction of sp³-hybridized carbons (Fsp3) is 0.263. The monoisotopic (exact) mass is 613 g/mol. The fourth-order valence-corrected chi connectivity index (χ4v) is 6.74. The van der Waals surface area contributed by atoms with E-state index in [9.17, 15) is 5.11 Å². The van der Waals surface area contributed by atoms with Gasteiger partial charge in [0.15, 0.2) is 0 Å². The number of aryl methyl sites for hydroxylation is 2. The summed E-state index contributed by atoms with van der Waals surface area (Å²) in [6, 6.07) is 23.0. The molecule has 3 aromatic heterocycles. The first-order chi connectivity index (χ1) is 21.3. The van der Waals surface area contributed by atoms with Crippen molar-refractivity contribution in [3.05, 3.63) is 108 Å². The summed E-state index contributed by atoms with van der Waals surface area (Å²) in [7, 11) is 0. The maximum absolute atomic E-state index is 11.6. The number of rotatable bonds is 5. The van der Waals surface area contributed by atoms with E-state index in [-0.39, 0.29) is 10.8 Å². The third kappa shape index (κ3) is 5.80. The first kappa shape index (κ1) is 30.4. The second kappa shape index (κ2) is 11.4. The summed E-state index contributed by atoms with van der Waals surface area (Å²) in [5.41, 5.74) is 9.55. The number of fused-ring (bicyclic) bond motifs is 1. The van der Waals surface area contributed by atoms with Gasteiger partial charge in [-0.3, -0.25) is 9.88 Å². The Kier molecular flexibility index (Phi) is 7.69. The van der Waals surface area contributed by atoms with Crippen LogP contribution in [0.15, 0.2) is 85.5 Å². The quantitative estimate of drug-likeness (QED) is 0.209. The normalized spacial score (nSPS) is 12.1. The van der Waals surface area contributed by atoms with Crippen molar-refractivity contribution in [1.29, 1.82) is 0 Å². The van der Waals surface area contributed by atoms with Crippen LogP contribution in [-0.2, 0) is 10.8 Å². The highest BCUT2D eigenvalue weighted by Crippen LogP contribution is 2.45. The molecule has 0 fully saturated rings. The average Bonchev–Trinajstić information content (AvgIpc) is 3.43. The average molecular weight is 614 g/mol. The largest absolute Gasteiger partial charge is 0.507 e. The van der Waals surface area contributed by atoms with E-state index in [4.69, 9.17) is 4.98 Å². The van der Waals surface area contributed by atoms with Crippen LogP contribution in [-0.4, -0.2) is 25.0 Å². The van der Waals surface area contributed by atoms with Gasteiger partial charge in [0.05, 0.1) is 27.2 Å². The molecule has 6 nitrogen and oxygen atoms in total. The maximum atomic E-state index is 11.6. The zero-order chi connectivity index (χ0) is 32.1. The molecule has 0 aliphatic carbocycles. The maximum Gasteiger partial charge on any atom is 0.140 e. The molecule has 0 saturated carbocycles. The number of nitrogens with zero attached hydrogens (tertiary/aromatic N) is 5. The lowest BCUT2D eigenvalue weighted by Gasteiger charge is -2.27. The standard InChI is InChI=1S/C38H39N5OS/c1-23-15-18-40-24(2)34(23)43(32-16-17-39-22-41-32)27-12-9-11-25(19-27)28-13-10-14-31-33(28)42-36(45-31)29-20-26(37(3,4)5)21-30(35(29)44)38(6,7)8/h9-22,44H,1-8H3. The van der Waals surface area contributed by atoms with E-state index in [0.717, 1.165) is 65.9 Å². The van der Waals surface area contributed by atoms with Crippen molar-refractivity contribution in [2.45, 2.75) is 66.2 Å². The zero-order valence-electron chi connectivity index (χ0n) is 27.2. The first-order valence-corrected chi connectivity index (χ1v) is 16.0. The minimum Gasteiger partial charge on any atom is -0.507 e. The van der Waals surface area contributed by atoms with E-state index >= 15 is 0 Å². The summed E-state index contributed by atoms with van der Waals surface area (Å²) in [6.07, 6.45) is 5.16. The highest BCUT2D eigenvalue weighted by molar-refractivity contribution is 7.21. The molecule has 3 heterocycles. The van der Waals surface area contributed by atoms with E-state index in [1.165, 1.54) is 5.56 Å². The number of phenolic OH excluding ortho intramolecular Hbond substituents is 1. The Hall–Kier alpha value is -4.62. The molecule has 0 bridgehead atoms. The van der Waals surface area contributed by atoms with Crippen LogP contribution < -0.4 is 4.90 Å². The summed E-state index contributed by atoms with van der Waals surface area (Å²) in [4.78, 5) is 20.7. The van der Waals surface area contributed by atoms with Crippen LogP contribution in [0.1, 0.15) is 63.9 Å². The molecule has 0 unspecified atom stereocenters. The Labute approximate surface area is 269 Å². The van der Waals surface area contributed by atoms with Gasteiger partial charge in [0.1, 0.15) is 22.9 Å². The number of anilines is 3. The molecule has 0 atom stereocenters. The molecule has 0 spiro atoms. The van der Waals surface area contributed by atoms with Crippen molar-refractivity contribution in [2.24, 2.45) is 0 Å². The first-order valence-electron chi connectivity index (χ1n) is 15.2. The van der Waals surface area contributed by atoms with E-state index in [1.54, 1.807) is 23.9 Å². The van der Waals surface area contributed by atoms with E-state index in [1.807, 2.05) is 25.3 Å². The number of aromatic nitrogens is 4. The number of hydrogen-bond donors (Lipinski definition) is 1. The van der Waals surface area contributed by atoms with Gasteiger partial charge in [-0.15, -0.1) is 11.3 Å². The molecule has 0 aliphatic heterocycles. The molecule has 45 heavy (non-hydrogen) atoms. The summed E-state index contributed by atoms with van der Waals surface area (Å²) >= 11 is 1.61. The predicted octanol–water partition coefficient (Wildman–Crippen LogP) is 10.2. The second-order valence-electron chi connectivity index (χ2n) is 13.6. The molecule has 0 aliphatic rings. The lowest BCUT2D eigenvalue weighted by molar-refractivity contribution is 0.446. The molecule has 0 radical (unpaired) electrons. The van der Waals surface area contributed by atoms with Crippen LogP contribution in [0.2, 0.25) is 0 Å². The number of aromatic hydroxyl groups is 1. The molecule has 3 aromatic carbocycles. The molecule has 0 amide bonds. The van der Waals surface area contributed by atoms with E-state index < -0.39 is 0 Å². The fourth-order valence-electron chi connectivity index (χ4n) is 5.73. The van der Waals surface area contributed by atoms with Crippen LogP contribution in [0.25, 0.3) is 31.9 Å². The number of para-hydroxylation sites is 1. The minimum atomic E-state index is -0.219. The van der Waals surface area contributed by atoms with Crippen molar-refractivity contribution in [3.63, 3.8) is 0 Å². The van der Waals surface area contributed by atoms with Gasteiger partial charge in [-0.05, 0) is 77.8 Å². The van der Waals surface area contributed by atoms with Crippen molar-refractivity contribution in [1.82, 2.24) is 19.9 Å². The van der Waals surface area contributed by atoms with Crippen LogP contribution >= 0.6 is 11.3 Å². The molecule has 7 heteroatoms. The van der Waals surface area contributed by atoms with Gasteiger partial charge in [-0.25, -0.2) is 15.0 Å². The topological polar surface area (TPSA) is 75.0 Å². The van der Waals surface area contributed by atoms with Crippen molar-refractivity contribution < 1.29 is 5.11 Å². The van der Waals surface area contributed by atoms with Crippen molar-refractivity contribution in [3.8, 4) is 27.4 Å². The van der Waals surface area contributed by atoms with Crippen LogP contribution in [0, 0.1) is 13.8 Å². The molecule has 6 aromatic rings. The van der Waals surface area contributed by atoms with Gasteiger partial charge in [-0.1, -0.05) is 71.9 Å². The second-order valence-corrected chi connectivity index (χ2v) is 14.6. The molecule has 228 valence electrons. The minimum absolute atomic E-state index is 0.0781. The Bertz CT molecular complexity index is 2000. The third-order valence-corrected chi connectivity index (χ3v) is 9.23. The van der Waals surface area contributed by atoms with Gasteiger partial charge in [0, 0.05) is 29.2 Å². The number of pyridine rings is 1. The van der Waals surface area contributed by atoms with E-state index in [0.29, 0.717) is 5.75 Å². The Morgan fingerprint density at radius 2 is 1.56 bits per heavy atom. The van der Waals surface area contributed by atoms with Gasteiger partial charge >= 0.3 is 0 Å². The summed E-state index contributed by atoms with van der Waals surface area (Å²) in [5.74, 6) is 1.07. The van der Waals surface area contributed by atoms with Gasteiger partial charge in [0.25, 0.3) is 0 Å². The van der Waals surface area contributed by atoms with Gasteiger partial charge in [0.2, 0.25) is 0 Å². The molecular weight excluding hydrogens is 575 g/mol. The molecular formula is C38H39N5OS. The van der Waals surface area contributed by atoms with Gasteiger partial charge in [-0.2, -0.15) is 0 Å². The Morgan fingerprint density at radius 1 is 0.778 bits per heavy atom. The lowest BCUT2D eigenvalue weighted by Crippen LogP contribution is -2.17. The highest BCUT2D eigenvalue weighted by atomic mass is 32.1. The van der Waals surface area contributed by atoms with E-state index in [2.05, 4.69) is 123 Å². The highest BCUT2D eigenvalue weighted by Gasteiger charge is 2.27. The number of phenols is 1. The zero-order valence-corrected chi connectivity index (χ0v) is 28.0. The van der Waals surface area contributed by atoms with Gasteiger partial charge < -0.3 is 5.11 Å². The number of benzene rings is 3. The smallest absolute Gasteiger partial charge is 0.140 e. The lowest BCUT2D eigenvalue weighted by atomic mass is 9.79. The summed E-state index contributed by atoms with van der Waals surface area (Å²) in [6.45, 7) is 17.2.